The number of rotatable bonds is 8. The molecule has 10 heteroatoms. The molecule has 4 aromatic rings. The smallest absolute Gasteiger partial charge is 0.109 e. The van der Waals surface area contributed by atoms with Crippen LogP contribution in [0.3, 0.4) is 0 Å². The van der Waals surface area contributed by atoms with Crippen molar-refractivity contribution in [2.45, 2.75) is 51.2 Å². The van der Waals surface area contributed by atoms with Crippen molar-refractivity contribution in [3.05, 3.63) is 76.7 Å². The van der Waals surface area contributed by atoms with Crippen LogP contribution in [0.4, 0.5) is 11.4 Å². The molecule has 3 heterocycles. The van der Waals surface area contributed by atoms with E-state index in [9.17, 15) is 5.26 Å². The van der Waals surface area contributed by atoms with Crippen molar-refractivity contribution in [2.75, 3.05) is 48.4 Å². The Kier molecular flexibility index (Phi) is 8.70. The molecule has 2 aromatic carbocycles. The van der Waals surface area contributed by atoms with Gasteiger partial charge in [0.1, 0.15) is 11.8 Å². The summed E-state index contributed by atoms with van der Waals surface area (Å²) in [4.78, 5) is 7.06. The fourth-order valence-corrected chi connectivity index (χ4v) is 6.29. The van der Waals surface area contributed by atoms with Crippen LogP contribution in [0.5, 0.6) is 0 Å². The van der Waals surface area contributed by atoms with Gasteiger partial charge >= 0.3 is 0 Å². The Bertz CT molecular complexity index is 1570. The maximum atomic E-state index is 9.86. The van der Waals surface area contributed by atoms with E-state index in [4.69, 9.17) is 11.6 Å². The summed E-state index contributed by atoms with van der Waals surface area (Å²) >= 11 is 6.80. The maximum absolute atomic E-state index is 9.86. The van der Waals surface area contributed by atoms with Gasteiger partial charge in [-0.25, -0.2) is 14.7 Å². The highest BCUT2D eigenvalue weighted by atomic mass is 35.5. The van der Waals surface area contributed by atoms with E-state index in [0.717, 1.165) is 59.8 Å². The van der Waals surface area contributed by atoms with Crippen LogP contribution in [0.1, 0.15) is 62.5 Å². The summed E-state index contributed by atoms with van der Waals surface area (Å²) in [6.07, 6.45) is 12.5. The second-order valence-electron chi connectivity index (χ2n) is 12.9. The molecule has 0 bridgehead atoms. The zero-order valence-electron chi connectivity index (χ0n) is 25.4. The van der Waals surface area contributed by atoms with Gasteiger partial charge in [0.05, 0.1) is 40.1 Å². The Balaban J connectivity index is 1.48. The minimum absolute atomic E-state index is 0.175. The molecule has 1 atom stereocenters. The molecule has 0 radical (unpaired) electrons. The van der Waals surface area contributed by atoms with Gasteiger partial charge in [0.15, 0.2) is 0 Å². The van der Waals surface area contributed by atoms with E-state index in [0.29, 0.717) is 22.1 Å². The highest BCUT2D eigenvalue weighted by Gasteiger charge is 2.29. The maximum Gasteiger partial charge on any atom is 0.109 e. The summed E-state index contributed by atoms with van der Waals surface area (Å²) in [5, 5.41) is 27.7. The molecular formula is C32H41ClN8S. The van der Waals surface area contributed by atoms with Gasteiger partial charge in [0.2, 0.25) is 0 Å². The van der Waals surface area contributed by atoms with E-state index >= 15 is 0 Å². The summed E-state index contributed by atoms with van der Waals surface area (Å²) in [5.41, 5.74) is 4.83. The Morgan fingerprint density at radius 1 is 1.12 bits per heavy atom. The monoisotopic (exact) mass is 604 g/mol. The predicted octanol–water partition coefficient (Wildman–Crippen LogP) is 7.05. The van der Waals surface area contributed by atoms with Crippen LogP contribution >= 0.6 is 21.6 Å². The first-order chi connectivity index (χ1) is 19.9. The average molecular weight is 605 g/mol. The Morgan fingerprint density at radius 3 is 2.48 bits per heavy atom. The first-order valence-corrected chi connectivity index (χ1v) is 17.7. The van der Waals surface area contributed by atoms with Gasteiger partial charge < -0.3 is 10.6 Å². The molecule has 1 aliphatic heterocycles. The van der Waals surface area contributed by atoms with Crippen LogP contribution in [-0.2, 0) is 0 Å². The second kappa shape index (κ2) is 12.1. The Hall–Kier alpha value is -3.32. The van der Waals surface area contributed by atoms with Crippen molar-refractivity contribution >= 4 is 43.9 Å². The lowest BCUT2D eigenvalue weighted by molar-refractivity contribution is 0.0866. The van der Waals surface area contributed by atoms with Gasteiger partial charge in [-0.15, -0.1) is 5.10 Å². The summed E-state index contributed by atoms with van der Waals surface area (Å²) in [6, 6.07) is 16.6. The number of nitrogens with zero attached hydrogens (tertiary/aromatic N) is 6. The molecule has 8 nitrogen and oxygen atoms in total. The summed E-state index contributed by atoms with van der Waals surface area (Å²) < 4.78 is 2.04. The van der Waals surface area contributed by atoms with Crippen molar-refractivity contribution in [1.29, 1.82) is 5.26 Å². The van der Waals surface area contributed by atoms with Crippen molar-refractivity contribution < 1.29 is 0 Å². The lowest BCUT2D eigenvalue weighted by Crippen LogP contribution is -2.46. The van der Waals surface area contributed by atoms with Gasteiger partial charge in [-0.2, -0.15) is 5.26 Å². The third-order valence-electron chi connectivity index (χ3n) is 7.78. The van der Waals surface area contributed by atoms with Crippen molar-refractivity contribution in [2.24, 2.45) is 0 Å². The number of halogens is 1. The quantitative estimate of drug-likeness (QED) is 0.222. The topological polar surface area (TPSA) is 94.7 Å². The number of likely N-dealkylation sites (tertiary alicyclic amines) is 1. The van der Waals surface area contributed by atoms with Crippen molar-refractivity contribution in [3.8, 4) is 6.07 Å². The largest absolute Gasteiger partial charge is 0.376 e. The number of anilines is 2. The van der Waals surface area contributed by atoms with E-state index < -0.39 is 10.0 Å². The van der Waals surface area contributed by atoms with E-state index in [1.54, 1.807) is 6.20 Å². The number of hydrogen-bond donors (Lipinski definition) is 2. The van der Waals surface area contributed by atoms with Gasteiger partial charge in [0.25, 0.3) is 0 Å². The SMILES string of the molecule is CC(C)(C)N1CCC(n2cc([C@@H](Nc3cc(Cl)c4ncc(C#N)c(NCS(C)(C)C)c4c3)c3ccccc3)nn2)CC1. The zero-order valence-corrected chi connectivity index (χ0v) is 26.9. The average Bonchev–Trinajstić information content (AvgIpc) is 3.44. The fourth-order valence-electron chi connectivity index (χ4n) is 5.45. The second-order valence-corrected chi connectivity index (χ2v) is 17.8. The van der Waals surface area contributed by atoms with Crippen LogP contribution in [0, 0.1) is 11.3 Å². The summed E-state index contributed by atoms with van der Waals surface area (Å²) in [6.45, 7) is 8.92. The Morgan fingerprint density at radius 2 is 1.83 bits per heavy atom. The van der Waals surface area contributed by atoms with E-state index in [1.165, 1.54) is 0 Å². The molecule has 2 aromatic heterocycles. The molecule has 1 aliphatic rings. The normalized spacial score (nSPS) is 16.2. The van der Waals surface area contributed by atoms with Gasteiger partial charge in [-0.05, 0) is 70.1 Å². The molecule has 0 spiro atoms. The molecule has 222 valence electrons. The third-order valence-corrected chi connectivity index (χ3v) is 9.08. The molecule has 5 rings (SSSR count). The zero-order chi connectivity index (χ0) is 30.1. The molecule has 2 N–H and O–H groups in total. The van der Waals surface area contributed by atoms with E-state index in [2.05, 4.69) is 94.8 Å². The molecule has 1 fully saturated rings. The molecule has 0 aliphatic carbocycles. The number of fused-ring (bicyclic) bond motifs is 1. The molecule has 0 saturated carbocycles. The van der Waals surface area contributed by atoms with E-state index in [1.807, 2.05) is 35.0 Å². The minimum Gasteiger partial charge on any atom is -0.376 e. The van der Waals surface area contributed by atoms with Crippen LogP contribution in [0.25, 0.3) is 10.9 Å². The molecule has 1 saturated heterocycles. The molecule has 0 unspecified atom stereocenters. The number of piperidine rings is 1. The van der Waals surface area contributed by atoms with Gasteiger partial charge in [-0.1, -0.05) is 47.1 Å². The first-order valence-electron chi connectivity index (χ1n) is 14.3. The van der Waals surface area contributed by atoms with Crippen LogP contribution < -0.4 is 10.6 Å². The lowest BCUT2D eigenvalue weighted by Gasteiger charge is -2.40. The highest BCUT2D eigenvalue weighted by molar-refractivity contribution is 8.32. The van der Waals surface area contributed by atoms with Crippen molar-refractivity contribution in [1.82, 2.24) is 24.9 Å². The number of nitrogens with one attached hydrogen (secondary N) is 2. The number of pyridine rings is 1. The third kappa shape index (κ3) is 6.83. The van der Waals surface area contributed by atoms with Gasteiger partial charge in [0, 0.05) is 41.8 Å². The summed E-state index contributed by atoms with van der Waals surface area (Å²) in [5.74, 6) is 0.778. The lowest BCUT2D eigenvalue weighted by atomic mass is 9.98. The Labute approximate surface area is 255 Å². The van der Waals surface area contributed by atoms with Crippen molar-refractivity contribution in [3.63, 3.8) is 0 Å². The summed E-state index contributed by atoms with van der Waals surface area (Å²) in [7, 11) is -0.855. The number of hydrogen-bond acceptors (Lipinski definition) is 7. The number of aromatic nitrogens is 4. The number of nitriles is 1. The van der Waals surface area contributed by atoms with Gasteiger partial charge in [-0.3, -0.25) is 9.88 Å². The number of benzene rings is 2. The fraction of sp³-hybridized carbons (Fsp3) is 0.438. The van der Waals surface area contributed by atoms with E-state index in [-0.39, 0.29) is 11.6 Å². The highest BCUT2D eigenvalue weighted by Crippen LogP contribution is 2.39. The standard InChI is InChI=1S/C32H41ClN8S/c1-32(2,3)40-14-12-25(13-15-40)41-20-28(38-39-41)30(22-10-8-7-9-11-22)37-24-16-26-29(36-21-42(4,5)6)23(18-34)19-35-31(26)27(33)17-24/h7-11,16-17,19-20,25,30,37H,12-15,21H2,1-6H3,(H,35,36)/t30-/m0/s1. The van der Waals surface area contributed by atoms with Crippen LogP contribution in [0.2, 0.25) is 5.02 Å². The molecule has 0 amide bonds. The predicted molar refractivity (Wildman–Crippen MR) is 177 cm³/mol. The molecule has 42 heavy (non-hydrogen) atoms. The molecular weight excluding hydrogens is 564 g/mol. The minimum atomic E-state index is -0.855. The first kappa shape index (κ1) is 30.1. The van der Waals surface area contributed by atoms with Crippen LogP contribution in [0.15, 0.2) is 54.9 Å². The van der Waals surface area contributed by atoms with Crippen LogP contribution in [-0.4, -0.2) is 68.2 Å².